The normalized spacial score (nSPS) is 15.3. The van der Waals surface area contributed by atoms with Crippen molar-refractivity contribution in [3.8, 4) is 0 Å². The number of likely N-dealkylation sites (N-methyl/N-ethyl adjacent to an activating group) is 2. The Balaban J connectivity index is 0.00000576. The number of aliphatic imine (C=N–C) groups is 1. The van der Waals surface area contributed by atoms with Gasteiger partial charge in [0, 0.05) is 47.3 Å². The van der Waals surface area contributed by atoms with Crippen molar-refractivity contribution in [3.05, 3.63) is 12.2 Å². The van der Waals surface area contributed by atoms with E-state index in [1.807, 2.05) is 18.9 Å². The Labute approximate surface area is 169 Å². The van der Waals surface area contributed by atoms with Gasteiger partial charge in [-0.1, -0.05) is 12.2 Å². The molecule has 1 aliphatic heterocycles. The van der Waals surface area contributed by atoms with Gasteiger partial charge in [0.15, 0.2) is 5.96 Å². The molecule has 0 unspecified atom stereocenters. The van der Waals surface area contributed by atoms with Crippen LogP contribution in [0.2, 0.25) is 0 Å². The van der Waals surface area contributed by atoms with E-state index in [4.69, 9.17) is 4.74 Å². The van der Waals surface area contributed by atoms with E-state index in [9.17, 15) is 4.79 Å². The van der Waals surface area contributed by atoms with Gasteiger partial charge in [-0.2, -0.15) is 0 Å². The van der Waals surface area contributed by atoms with Gasteiger partial charge in [-0.3, -0.25) is 9.69 Å². The van der Waals surface area contributed by atoms with Crippen LogP contribution in [0, 0.1) is 0 Å². The number of guanidine groups is 1. The van der Waals surface area contributed by atoms with Gasteiger partial charge in [-0.05, 0) is 19.9 Å². The number of carbonyl (C=O) groups excluding carboxylic acids is 1. The largest absolute Gasteiger partial charge is 0.379 e. The van der Waals surface area contributed by atoms with Crippen LogP contribution in [0.4, 0.5) is 0 Å². The number of ether oxygens (including phenoxy) is 1. The summed E-state index contributed by atoms with van der Waals surface area (Å²) in [5, 5.41) is 3.36. The van der Waals surface area contributed by atoms with E-state index >= 15 is 0 Å². The van der Waals surface area contributed by atoms with Crippen LogP contribution in [-0.4, -0.2) is 100 Å². The number of morpholine rings is 1. The van der Waals surface area contributed by atoms with Gasteiger partial charge < -0.3 is 19.9 Å². The van der Waals surface area contributed by atoms with E-state index in [0.717, 1.165) is 57.3 Å². The Kier molecular flexibility index (Phi) is 12.9. The molecule has 1 rings (SSSR count). The Morgan fingerprint density at radius 3 is 2.48 bits per heavy atom. The first-order valence-electron chi connectivity index (χ1n) is 8.54. The van der Waals surface area contributed by atoms with Gasteiger partial charge in [-0.15, -0.1) is 24.0 Å². The fourth-order valence-electron chi connectivity index (χ4n) is 2.40. The average molecular weight is 467 g/mol. The quantitative estimate of drug-likeness (QED) is 0.189. The van der Waals surface area contributed by atoms with Crippen LogP contribution in [0.1, 0.15) is 13.3 Å². The fourth-order valence-corrected chi connectivity index (χ4v) is 2.40. The summed E-state index contributed by atoms with van der Waals surface area (Å²) in [6, 6.07) is 0. The van der Waals surface area contributed by atoms with Crippen LogP contribution < -0.4 is 5.32 Å². The molecular formula is C17H34IN5O2. The van der Waals surface area contributed by atoms with E-state index in [2.05, 4.69) is 21.8 Å². The molecule has 0 spiro atoms. The summed E-state index contributed by atoms with van der Waals surface area (Å²) < 4.78 is 5.36. The summed E-state index contributed by atoms with van der Waals surface area (Å²) in [5.74, 6) is 0.738. The summed E-state index contributed by atoms with van der Waals surface area (Å²) in [5.41, 5.74) is 1.05. The van der Waals surface area contributed by atoms with Gasteiger partial charge in [0.2, 0.25) is 5.91 Å². The average Bonchev–Trinajstić information content (AvgIpc) is 2.53. The fraction of sp³-hybridized carbons (Fsp3) is 0.765. The molecular weight excluding hydrogens is 433 g/mol. The lowest BCUT2D eigenvalue weighted by Gasteiger charge is -2.27. The lowest BCUT2D eigenvalue weighted by Crippen LogP contribution is -2.42. The predicted octanol–water partition coefficient (Wildman–Crippen LogP) is 0.868. The highest BCUT2D eigenvalue weighted by Crippen LogP contribution is 1.98. The number of hydrogen-bond donors (Lipinski definition) is 1. The lowest BCUT2D eigenvalue weighted by atomic mass is 10.3. The summed E-state index contributed by atoms with van der Waals surface area (Å²) in [6.45, 7) is 12.3. The van der Waals surface area contributed by atoms with E-state index in [1.54, 1.807) is 19.0 Å². The molecule has 0 saturated carbocycles. The van der Waals surface area contributed by atoms with Crippen molar-refractivity contribution in [2.24, 2.45) is 4.99 Å². The van der Waals surface area contributed by atoms with E-state index in [0.29, 0.717) is 6.54 Å². The minimum atomic E-state index is -0.00802. The second-order valence-electron chi connectivity index (χ2n) is 6.48. The number of nitrogens with zero attached hydrogens (tertiary/aromatic N) is 4. The number of halogens is 1. The molecule has 1 saturated heterocycles. The number of carbonyl (C=O) groups is 1. The monoisotopic (exact) mass is 467 g/mol. The smallest absolute Gasteiger partial charge is 0.243 e. The molecule has 0 bridgehead atoms. The van der Waals surface area contributed by atoms with E-state index in [-0.39, 0.29) is 36.4 Å². The predicted molar refractivity (Wildman–Crippen MR) is 114 cm³/mol. The molecule has 1 fully saturated rings. The van der Waals surface area contributed by atoms with Crippen LogP contribution in [0.15, 0.2) is 17.1 Å². The van der Waals surface area contributed by atoms with Gasteiger partial charge >= 0.3 is 0 Å². The van der Waals surface area contributed by atoms with Crippen LogP contribution in [0.3, 0.4) is 0 Å². The molecule has 0 aromatic rings. The number of amides is 1. The SMILES string of the molecule is C=C(C)CN(C)C(=NCC(=O)N(C)C)NCCCN1CCOCC1.I. The molecule has 0 atom stereocenters. The Hall–Kier alpha value is -0.870. The molecule has 25 heavy (non-hydrogen) atoms. The first-order chi connectivity index (χ1) is 11.4. The third-order valence-electron chi connectivity index (χ3n) is 3.77. The standard InChI is InChI=1S/C17H33N5O2.HI/c1-15(2)14-21(5)17(19-13-16(23)20(3)4)18-7-6-8-22-9-11-24-12-10-22;/h1,6-14H2,2-5H3,(H,18,19);1H. The maximum atomic E-state index is 11.8. The van der Waals surface area contributed by atoms with Crippen molar-refractivity contribution in [2.75, 3.05) is 73.6 Å². The van der Waals surface area contributed by atoms with Crippen molar-refractivity contribution in [1.82, 2.24) is 20.0 Å². The molecule has 0 radical (unpaired) electrons. The van der Waals surface area contributed by atoms with Crippen LogP contribution in [0.25, 0.3) is 0 Å². The molecule has 8 heteroatoms. The molecule has 0 aromatic heterocycles. The highest BCUT2D eigenvalue weighted by molar-refractivity contribution is 14.0. The molecule has 0 aliphatic carbocycles. The first kappa shape index (κ1) is 24.1. The van der Waals surface area contributed by atoms with E-state index < -0.39 is 0 Å². The maximum Gasteiger partial charge on any atom is 0.243 e. The Morgan fingerprint density at radius 2 is 1.92 bits per heavy atom. The minimum absolute atomic E-state index is 0. The van der Waals surface area contributed by atoms with Gasteiger partial charge in [0.05, 0.1) is 13.2 Å². The molecule has 1 heterocycles. The molecule has 1 N–H and O–H groups in total. The van der Waals surface area contributed by atoms with Crippen LogP contribution in [-0.2, 0) is 9.53 Å². The summed E-state index contributed by atoms with van der Waals surface area (Å²) in [6.07, 6.45) is 1.03. The number of hydrogen-bond acceptors (Lipinski definition) is 4. The van der Waals surface area contributed by atoms with Crippen LogP contribution in [0.5, 0.6) is 0 Å². The highest BCUT2D eigenvalue weighted by Gasteiger charge is 2.11. The Bertz CT molecular complexity index is 437. The van der Waals surface area contributed by atoms with Crippen molar-refractivity contribution in [1.29, 1.82) is 0 Å². The lowest BCUT2D eigenvalue weighted by molar-refractivity contribution is -0.127. The van der Waals surface area contributed by atoms with Gasteiger partial charge in [0.1, 0.15) is 6.54 Å². The zero-order valence-corrected chi connectivity index (χ0v) is 18.4. The van der Waals surface area contributed by atoms with Crippen molar-refractivity contribution in [3.63, 3.8) is 0 Å². The molecule has 1 aliphatic rings. The molecule has 1 amide bonds. The highest BCUT2D eigenvalue weighted by atomic mass is 127. The van der Waals surface area contributed by atoms with Gasteiger partial charge in [0.25, 0.3) is 0 Å². The zero-order valence-electron chi connectivity index (χ0n) is 16.1. The Morgan fingerprint density at radius 1 is 1.28 bits per heavy atom. The third-order valence-corrected chi connectivity index (χ3v) is 3.77. The summed E-state index contributed by atoms with van der Waals surface area (Å²) in [4.78, 5) is 22.2. The maximum absolute atomic E-state index is 11.8. The number of nitrogens with one attached hydrogen (secondary N) is 1. The first-order valence-corrected chi connectivity index (χ1v) is 8.54. The second-order valence-corrected chi connectivity index (χ2v) is 6.48. The van der Waals surface area contributed by atoms with Crippen LogP contribution >= 0.6 is 24.0 Å². The molecule has 146 valence electrons. The number of rotatable bonds is 8. The topological polar surface area (TPSA) is 60.4 Å². The molecule has 0 aromatic carbocycles. The van der Waals surface area contributed by atoms with Crippen molar-refractivity contribution < 1.29 is 9.53 Å². The third kappa shape index (κ3) is 10.7. The second kappa shape index (κ2) is 13.3. The minimum Gasteiger partial charge on any atom is -0.379 e. The van der Waals surface area contributed by atoms with Gasteiger partial charge in [-0.25, -0.2) is 4.99 Å². The summed E-state index contributed by atoms with van der Waals surface area (Å²) in [7, 11) is 5.44. The van der Waals surface area contributed by atoms with Crippen molar-refractivity contribution in [2.45, 2.75) is 13.3 Å². The zero-order chi connectivity index (χ0) is 17.9. The summed E-state index contributed by atoms with van der Waals surface area (Å²) >= 11 is 0. The molecule has 7 nitrogen and oxygen atoms in total. The van der Waals surface area contributed by atoms with E-state index in [1.165, 1.54) is 0 Å². The van der Waals surface area contributed by atoms with Crippen molar-refractivity contribution >= 4 is 35.8 Å².